The Morgan fingerprint density at radius 2 is 0.672 bits per heavy atom. The monoisotopic (exact) mass is 853 g/mol. The van der Waals surface area contributed by atoms with Gasteiger partial charge in [0.15, 0.2) is 6.10 Å². The highest BCUT2D eigenvalue weighted by molar-refractivity contribution is 5.71. The topological polar surface area (TPSA) is 78.9 Å². The van der Waals surface area contributed by atoms with Crippen molar-refractivity contribution in [2.75, 3.05) is 13.2 Å². The summed E-state index contributed by atoms with van der Waals surface area (Å²) in [6.07, 6.45) is 60.7. The summed E-state index contributed by atoms with van der Waals surface area (Å²) >= 11 is 0. The average molecular weight is 853 g/mol. The Morgan fingerprint density at radius 3 is 1.11 bits per heavy atom. The molecule has 0 bridgehead atoms. The predicted octanol–water partition coefficient (Wildman–Crippen LogP) is 16.9. The lowest BCUT2D eigenvalue weighted by Gasteiger charge is -2.18. The third-order valence-corrected chi connectivity index (χ3v) is 11.0. The van der Waals surface area contributed by atoms with Gasteiger partial charge < -0.3 is 14.2 Å². The van der Waals surface area contributed by atoms with Gasteiger partial charge in [0.2, 0.25) is 0 Å². The van der Waals surface area contributed by atoms with E-state index in [0.29, 0.717) is 19.3 Å². The third-order valence-electron chi connectivity index (χ3n) is 11.0. The van der Waals surface area contributed by atoms with E-state index in [1.165, 1.54) is 122 Å². The highest BCUT2D eigenvalue weighted by Gasteiger charge is 2.19. The molecule has 0 aliphatic heterocycles. The van der Waals surface area contributed by atoms with Gasteiger partial charge in [0.05, 0.1) is 0 Å². The molecular weight excluding hydrogens is 757 g/mol. The van der Waals surface area contributed by atoms with Gasteiger partial charge in [-0.1, -0.05) is 204 Å². The molecule has 0 rings (SSSR count). The van der Waals surface area contributed by atoms with Crippen LogP contribution in [0.5, 0.6) is 0 Å². The van der Waals surface area contributed by atoms with Crippen molar-refractivity contribution < 1.29 is 28.6 Å². The first-order valence-corrected chi connectivity index (χ1v) is 25.8. The van der Waals surface area contributed by atoms with E-state index in [1.807, 2.05) is 6.08 Å². The van der Waals surface area contributed by atoms with Crippen molar-refractivity contribution in [2.24, 2.45) is 0 Å². The minimum absolute atomic E-state index is 0.106. The minimum Gasteiger partial charge on any atom is -0.462 e. The molecule has 0 amide bonds. The largest absolute Gasteiger partial charge is 0.462 e. The maximum atomic E-state index is 12.7. The molecule has 0 spiro atoms. The van der Waals surface area contributed by atoms with Gasteiger partial charge in [-0.15, -0.1) is 0 Å². The third kappa shape index (κ3) is 48.0. The molecule has 0 aromatic rings. The highest BCUT2D eigenvalue weighted by atomic mass is 16.6. The molecule has 0 aromatic carbocycles. The minimum atomic E-state index is -0.812. The number of carbonyl (C=O) groups is 3. The molecule has 0 heterocycles. The SMILES string of the molecule is CCCCC/C=C\CCCCCCCC(=O)OCC(COC(=O)CCCCCCC/C=C\C=C/CCCCCCCCC)OC(=O)CC/C=C\C/C=C\CCCCCCCC. The average Bonchev–Trinajstić information content (AvgIpc) is 3.26. The van der Waals surface area contributed by atoms with Crippen LogP contribution in [0.3, 0.4) is 0 Å². The summed E-state index contributed by atoms with van der Waals surface area (Å²) < 4.78 is 16.7. The quantitative estimate of drug-likeness (QED) is 0.0200. The lowest BCUT2D eigenvalue weighted by Crippen LogP contribution is -2.30. The van der Waals surface area contributed by atoms with Gasteiger partial charge in [0, 0.05) is 19.3 Å². The molecule has 0 aliphatic carbocycles. The molecule has 0 fully saturated rings. The van der Waals surface area contributed by atoms with Gasteiger partial charge in [0.25, 0.3) is 0 Å². The summed E-state index contributed by atoms with van der Waals surface area (Å²) in [7, 11) is 0. The molecule has 352 valence electrons. The summed E-state index contributed by atoms with van der Waals surface area (Å²) in [5.74, 6) is -0.996. The summed E-state index contributed by atoms with van der Waals surface area (Å²) in [5, 5.41) is 0. The van der Waals surface area contributed by atoms with Crippen LogP contribution in [-0.4, -0.2) is 37.2 Å². The van der Waals surface area contributed by atoms with Crippen LogP contribution in [0.2, 0.25) is 0 Å². The van der Waals surface area contributed by atoms with E-state index in [0.717, 1.165) is 83.5 Å². The number of allylic oxidation sites excluding steroid dienone is 10. The molecule has 0 aromatic heterocycles. The van der Waals surface area contributed by atoms with E-state index in [9.17, 15) is 14.4 Å². The van der Waals surface area contributed by atoms with Gasteiger partial charge in [-0.05, 0) is 89.9 Å². The van der Waals surface area contributed by atoms with Gasteiger partial charge in [-0.25, -0.2) is 0 Å². The zero-order chi connectivity index (χ0) is 44.4. The summed E-state index contributed by atoms with van der Waals surface area (Å²) in [5.41, 5.74) is 0. The molecule has 61 heavy (non-hydrogen) atoms. The molecule has 1 atom stereocenters. The Hall–Kier alpha value is -2.89. The second-order valence-electron chi connectivity index (χ2n) is 17.1. The second-order valence-corrected chi connectivity index (χ2v) is 17.1. The number of carbonyl (C=O) groups excluding carboxylic acids is 3. The smallest absolute Gasteiger partial charge is 0.306 e. The number of unbranched alkanes of at least 4 members (excludes halogenated alkanes) is 26. The van der Waals surface area contributed by atoms with Crippen molar-refractivity contribution in [2.45, 2.75) is 258 Å². The van der Waals surface area contributed by atoms with Gasteiger partial charge in [0.1, 0.15) is 13.2 Å². The van der Waals surface area contributed by atoms with Crippen LogP contribution >= 0.6 is 0 Å². The summed E-state index contributed by atoms with van der Waals surface area (Å²) in [6.45, 7) is 6.53. The molecule has 0 saturated carbocycles. The van der Waals surface area contributed by atoms with E-state index in [1.54, 1.807) is 0 Å². The molecule has 1 unspecified atom stereocenters. The number of esters is 3. The maximum absolute atomic E-state index is 12.7. The van der Waals surface area contributed by atoms with Crippen molar-refractivity contribution in [1.82, 2.24) is 0 Å². The van der Waals surface area contributed by atoms with Crippen molar-refractivity contribution in [3.05, 3.63) is 60.8 Å². The predicted molar refractivity (Wildman–Crippen MR) is 261 cm³/mol. The summed E-state index contributed by atoms with van der Waals surface area (Å²) in [6, 6.07) is 0. The Labute approximate surface area is 377 Å². The zero-order valence-corrected chi connectivity index (χ0v) is 40.2. The van der Waals surface area contributed by atoms with Crippen molar-refractivity contribution in [3.8, 4) is 0 Å². The molecule has 0 radical (unpaired) electrons. The molecular formula is C55H96O6. The van der Waals surface area contributed by atoms with E-state index < -0.39 is 6.10 Å². The van der Waals surface area contributed by atoms with Crippen LogP contribution in [0.25, 0.3) is 0 Å². The van der Waals surface area contributed by atoms with Gasteiger partial charge in [-0.2, -0.15) is 0 Å². The zero-order valence-electron chi connectivity index (χ0n) is 40.2. The highest BCUT2D eigenvalue weighted by Crippen LogP contribution is 2.13. The fourth-order valence-corrected chi connectivity index (χ4v) is 7.07. The standard InChI is InChI=1S/C55H96O6/c1-4-7-10-13-16-19-22-25-26-27-28-29-31-33-36-39-42-45-48-54(57)60-51-52(50-59-53(56)47-44-41-38-35-32-24-21-18-15-12-9-6-3)61-55(58)49-46-43-40-37-34-30-23-20-17-14-11-8-5-2/h18,21,26-30,34,40,43,52H,4-17,19-20,22-25,31-33,35-39,41-42,44-51H2,1-3H3/b21-18-,27-26-,29-28-,34-30-,43-40-. The lowest BCUT2D eigenvalue weighted by atomic mass is 10.1. The van der Waals surface area contributed by atoms with Crippen molar-refractivity contribution in [1.29, 1.82) is 0 Å². The van der Waals surface area contributed by atoms with Gasteiger partial charge in [-0.3, -0.25) is 14.4 Å². The number of rotatable bonds is 46. The Bertz CT molecular complexity index is 1120. The van der Waals surface area contributed by atoms with Crippen LogP contribution in [0, 0.1) is 0 Å². The Morgan fingerprint density at radius 1 is 0.344 bits per heavy atom. The first-order valence-electron chi connectivity index (χ1n) is 25.8. The summed E-state index contributed by atoms with van der Waals surface area (Å²) in [4.78, 5) is 37.9. The molecule has 6 heteroatoms. The molecule has 6 nitrogen and oxygen atoms in total. The van der Waals surface area contributed by atoms with Crippen molar-refractivity contribution >= 4 is 17.9 Å². The maximum Gasteiger partial charge on any atom is 0.306 e. The number of ether oxygens (including phenoxy) is 3. The van der Waals surface area contributed by atoms with E-state index in [-0.39, 0.29) is 37.5 Å². The van der Waals surface area contributed by atoms with Crippen molar-refractivity contribution in [3.63, 3.8) is 0 Å². The number of hydrogen-bond acceptors (Lipinski definition) is 6. The van der Waals surface area contributed by atoms with E-state index >= 15 is 0 Å². The van der Waals surface area contributed by atoms with Crippen LogP contribution in [0.15, 0.2) is 60.8 Å². The van der Waals surface area contributed by atoms with E-state index in [4.69, 9.17) is 14.2 Å². The second kappa shape index (κ2) is 49.8. The van der Waals surface area contributed by atoms with E-state index in [2.05, 4.69) is 75.5 Å². The van der Waals surface area contributed by atoms with Crippen LogP contribution in [0.1, 0.15) is 252 Å². The van der Waals surface area contributed by atoms with Gasteiger partial charge >= 0.3 is 17.9 Å². The normalized spacial score (nSPS) is 12.5. The lowest BCUT2D eigenvalue weighted by molar-refractivity contribution is -0.166. The molecule has 0 N–H and O–H groups in total. The van der Waals surface area contributed by atoms with Crippen LogP contribution in [-0.2, 0) is 28.6 Å². The molecule has 0 aliphatic rings. The van der Waals surface area contributed by atoms with Crippen LogP contribution in [0.4, 0.5) is 0 Å². The van der Waals surface area contributed by atoms with Crippen LogP contribution < -0.4 is 0 Å². The number of hydrogen-bond donors (Lipinski definition) is 0. The fourth-order valence-electron chi connectivity index (χ4n) is 7.07. The first-order chi connectivity index (χ1) is 30.0. The molecule has 0 saturated heterocycles. The Balaban J connectivity index is 4.45. The fraction of sp³-hybridized carbons (Fsp3) is 0.764. The Kier molecular flexibility index (Phi) is 47.4. The first kappa shape index (κ1) is 58.1.